The van der Waals surface area contributed by atoms with Crippen LogP contribution in [0.4, 0.5) is 0 Å². The minimum atomic E-state index is -0.342. The number of nitrogens with one attached hydrogen (secondary N) is 1. The molecule has 1 saturated heterocycles. The highest BCUT2D eigenvalue weighted by atomic mass is 16.2. The van der Waals surface area contributed by atoms with E-state index >= 15 is 0 Å². The highest BCUT2D eigenvalue weighted by Gasteiger charge is 2.33. The van der Waals surface area contributed by atoms with E-state index in [0.29, 0.717) is 13.1 Å². The first-order chi connectivity index (χ1) is 8.47. The van der Waals surface area contributed by atoms with Gasteiger partial charge >= 0.3 is 0 Å². The Bertz CT molecular complexity index is 300. The Labute approximate surface area is 110 Å². The Morgan fingerprint density at radius 3 is 2.67 bits per heavy atom. The normalized spacial score (nSPS) is 16.6. The molecule has 4 heteroatoms. The number of carbonyl (C=O) groups excluding carboxylic acids is 2. The standard InChI is InChI=1S/C14H26N2O2/c1-4-5-6-7-8-14(2,3)13(18)16-10-9-15-12(17)11-16/h4-11H2,1-3H3,(H,15,17). The summed E-state index contributed by atoms with van der Waals surface area (Å²) < 4.78 is 0. The maximum atomic E-state index is 12.4. The van der Waals surface area contributed by atoms with Crippen LogP contribution in [-0.4, -0.2) is 36.3 Å². The highest BCUT2D eigenvalue weighted by Crippen LogP contribution is 2.26. The molecular weight excluding hydrogens is 228 g/mol. The van der Waals surface area contributed by atoms with Gasteiger partial charge in [0.05, 0.1) is 6.54 Å². The summed E-state index contributed by atoms with van der Waals surface area (Å²) in [7, 11) is 0. The predicted molar refractivity (Wildman–Crippen MR) is 72.1 cm³/mol. The lowest BCUT2D eigenvalue weighted by Crippen LogP contribution is -2.53. The van der Waals surface area contributed by atoms with Crippen LogP contribution in [0.2, 0.25) is 0 Å². The Hall–Kier alpha value is -1.06. The van der Waals surface area contributed by atoms with E-state index in [9.17, 15) is 9.59 Å². The number of unbranched alkanes of at least 4 members (excludes halogenated alkanes) is 3. The summed E-state index contributed by atoms with van der Waals surface area (Å²) in [6.45, 7) is 7.61. The molecule has 0 atom stereocenters. The largest absolute Gasteiger partial charge is 0.353 e. The van der Waals surface area contributed by atoms with Crippen molar-refractivity contribution < 1.29 is 9.59 Å². The van der Waals surface area contributed by atoms with Gasteiger partial charge in [0.25, 0.3) is 0 Å². The van der Waals surface area contributed by atoms with Gasteiger partial charge in [0.15, 0.2) is 0 Å². The van der Waals surface area contributed by atoms with Crippen LogP contribution in [0, 0.1) is 5.41 Å². The van der Waals surface area contributed by atoms with Gasteiger partial charge in [-0.15, -0.1) is 0 Å². The first kappa shape index (κ1) is 15.0. The number of amides is 2. The minimum absolute atomic E-state index is 0.0450. The number of hydrogen-bond donors (Lipinski definition) is 1. The van der Waals surface area contributed by atoms with E-state index in [1.807, 2.05) is 13.8 Å². The quantitative estimate of drug-likeness (QED) is 0.736. The van der Waals surface area contributed by atoms with Crippen LogP contribution in [0.5, 0.6) is 0 Å². The van der Waals surface area contributed by atoms with Gasteiger partial charge in [0, 0.05) is 18.5 Å². The Balaban J connectivity index is 2.44. The van der Waals surface area contributed by atoms with Crippen molar-refractivity contribution in [2.75, 3.05) is 19.6 Å². The maximum Gasteiger partial charge on any atom is 0.239 e. The molecule has 18 heavy (non-hydrogen) atoms. The van der Waals surface area contributed by atoms with E-state index in [1.54, 1.807) is 4.90 Å². The fourth-order valence-corrected chi connectivity index (χ4v) is 2.34. The molecular formula is C14H26N2O2. The summed E-state index contributed by atoms with van der Waals surface area (Å²) in [5.41, 5.74) is -0.342. The van der Waals surface area contributed by atoms with Gasteiger partial charge in [0.2, 0.25) is 11.8 Å². The fraction of sp³-hybridized carbons (Fsp3) is 0.857. The molecule has 0 aliphatic carbocycles. The molecule has 0 aromatic heterocycles. The van der Waals surface area contributed by atoms with Crippen LogP contribution in [0.25, 0.3) is 0 Å². The molecule has 1 N–H and O–H groups in total. The van der Waals surface area contributed by atoms with E-state index < -0.39 is 0 Å². The van der Waals surface area contributed by atoms with Crippen molar-refractivity contribution in [2.24, 2.45) is 5.41 Å². The van der Waals surface area contributed by atoms with Crippen LogP contribution in [0.15, 0.2) is 0 Å². The summed E-state index contributed by atoms with van der Waals surface area (Å²) in [4.78, 5) is 25.4. The molecule has 0 aromatic rings. The van der Waals surface area contributed by atoms with Gasteiger partial charge in [-0.05, 0) is 6.42 Å². The van der Waals surface area contributed by atoms with E-state index in [1.165, 1.54) is 19.3 Å². The molecule has 1 heterocycles. The van der Waals surface area contributed by atoms with Crippen molar-refractivity contribution in [3.05, 3.63) is 0 Å². The Kier molecular flexibility index (Phi) is 5.63. The summed E-state index contributed by atoms with van der Waals surface area (Å²) in [6.07, 6.45) is 5.63. The van der Waals surface area contributed by atoms with E-state index in [0.717, 1.165) is 12.8 Å². The lowest BCUT2D eigenvalue weighted by atomic mass is 9.85. The van der Waals surface area contributed by atoms with Crippen molar-refractivity contribution in [2.45, 2.75) is 52.9 Å². The second-order valence-corrected chi connectivity index (χ2v) is 5.77. The lowest BCUT2D eigenvalue weighted by molar-refractivity contribution is -0.145. The fourth-order valence-electron chi connectivity index (χ4n) is 2.34. The zero-order valence-corrected chi connectivity index (χ0v) is 11.9. The summed E-state index contributed by atoms with van der Waals surface area (Å²) in [5.74, 6) is 0.0743. The Morgan fingerprint density at radius 1 is 1.33 bits per heavy atom. The third-order valence-corrected chi connectivity index (χ3v) is 3.56. The van der Waals surface area contributed by atoms with Crippen molar-refractivity contribution >= 4 is 11.8 Å². The van der Waals surface area contributed by atoms with Crippen LogP contribution < -0.4 is 5.32 Å². The van der Waals surface area contributed by atoms with Gasteiger partial charge in [-0.3, -0.25) is 9.59 Å². The third kappa shape index (κ3) is 4.31. The number of piperazine rings is 1. The van der Waals surface area contributed by atoms with Crippen LogP contribution in [-0.2, 0) is 9.59 Å². The molecule has 1 aliphatic rings. The number of hydrogen-bond acceptors (Lipinski definition) is 2. The van der Waals surface area contributed by atoms with Crippen molar-refractivity contribution in [3.8, 4) is 0 Å². The molecule has 2 amide bonds. The molecule has 1 fully saturated rings. The van der Waals surface area contributed by atoms with Crippen molar-refractivity contribution in [1.82, 2.24) is 10.2 Å². The molecule has 0 aromatic carbocycles. The van der Waals surface area contributed by atoms with Crippen LogP contribution in [0.3, 0.4) is 0 Å². The maximum absolute atomic E-state index is 12.4. The monoisotopic (exact) mass is 254 g/mol. The van der Waals surface area contributed by atoms with E-state index in [-0.39, 0.29) is 23.8 Å². The first-order valence-electron chi connectivity index (χ1n) is 7.03. The predicted octanol–water partition coefficient (Wildman–Crippen LogP) is 1.94. The number of carbonyl (C=O) groups is 2. The molecule has 104 valence electrons. The minimum Gasteiger partial charge on any atom is -0.353 e. The summed E-state index contributed by atoms with van der Waals surface area (Å²) in [5, 5.41) is 2.75. The zero-order chi connectivity index (χ0) is 13.6. The number of nitrogens with zero attached hydrogens (tertiary/aromatic N) is 1. The highest BCUT2D eigenvalue weighted by molar-refractivity contribution is 5.88. The second-order valence-electron chi connectivity index (χ2n) is 5.77. The molecule has 0 radical (unpaired) electrons. The summed E-state index contributed by atoms with van der Waals surface area (Å²) in [6, 6.07) is 0. The number of rotatable bonds is 6. The smallest absolute Gasteiger partial charge is 0.239 e. The average molecular weight is 254 g/mol. The van der Waals surface area contributed by atoms with Crippen LogP contribution in [0.1, 0.15) is 52.9 Å². The van der Waals surface area contributed by atoms with Gasteiger partial charge in [-0.25, -0.2) is 0 Å². The third-order valence-electron chi connectivity index (χ3n) is 3.56. The molecule has 0 bridgehead atoms. The Morgan fingerprint density at radius 2 is 2.06 bits per heavy atom. The van der Waals surface area contributed by atoms with Crippen molar-refractivity contribution in [1.29, 1.82) is 0 Å². The SMILES string of the molecule is CCCCCCC(C)(C)C(=O)N1CCNC(=O)C1. The molecule has 0 unspecified atom stereocenters. The molecule has 1 rings (SSSR count). The van der Waals surface area contributed by atoms with Gasteiger partial charge in [-0.1, -0.05) is 46.5 Å². The van der Waals surface area contributed by atoms with Gasteiger partial charge in [0.1, 0.15) is 0 Å². The second kappa shape index (κ2) is 6.76. The first-order valence-corrected chi connectivity index (χ1v) is 7.03. The lowest BCUT2D eigenvalue weighted by Gasteiger charge is -2.34. The van der Waals surface area contributed by atoms with Crippen LogP contribution >= 0.6 is 0 Å². The summed E-state index contributed by atoms with van der Waals surface area (Å²) >= 11 is 0. The van der Waals surface area contributed by atoms with E-state index in [4.69, 9.17) is 0 Å². The molecule has 0 saturated carbocycles. The van der Waals surface area contributed by atoms with Gasteiger partial charge in [-0.2, -0.15) is 0 Å². The van der Waals surface area contributed by atoms with Crippen molar-refractivity contribution in [3.63, 3.8) is 0 Å². The molecule has 0 spiro atoms. The molecule has 1 aliphatic heterocycles. The topological polar surface area (TPSA) is 49.4 Å². The average Bonchev–Trinajstić information content (AvgIpc) is 2.34. The van der Waals surface area contributed by atoms with E-state index in [2.05, 4.69) is 12.2 Å². The van der Waals surface area contributed by atoms with Gasteiger partial charge < -0.3 is 10.2 Å². The molecule has 4 nitrogen and oxygen atoms in total. The zero-order valence-electron chi connectivity index (χ0n) is 11.9.